The van der Waals surface area contributed by atoms with Gasteiger partial charge in [0.1, 0.15) is 5.03 Å². The summed E-state index contributed by atoms with van der Waals surface area (Å²) in [6.07, 6.45) is 0. The summed E-state index contributed by atoms with van der Waals surface area (Å²) in [5, 5.41) is -0.317. The zero-order chi connectivity index (χ0) is 6.57. The maximum Gasteiger partial charge on any atom is 0.351 e. The third kappa shape index (κ3) is 2.58. The Morgan fingerprint density at radius 1 is 1.88 bits per heavy atom. The van der Waals surface area contributed by atoms with Crippen LogP contribution in [0.5, 0.6) is 0 Å². The molecule has 0 rings (SSSR count). The molecule has 0 saturated heterocycles. The smallest absolute Gasteiger partial charge is 0.351 e. The van der Waals surface area contributed by atoms with Gasteiger partial charge in [-0.05, 0) is 0 Å². The summed E-state index contributed by atoms with van der Waals surface area (Å²) in [5.74, 6) is -0.922. The highest BCUT2D eigenvalue weighted by molar-refractivity contribution is 6.40. The Bertz CT molecular complexity index is 113. The van der Waals surface area contributed by atoms with Crippen LogP contribution in [0.1, 0.15) is 0 Å². The van der Waals surface area contributed by atoms with Crippen molar-refractivity contribution in [3.05, 3.63) is 11.6 Å². The third-order valence-electron chi connectivity index (χ3n) is 0.407. The van der Waals surface area contributed by atoms with E-state index >= 15 is 0 Å². The number of carbonyl (C=O) groups is 1. The number of hydrogen-bond acceptors (Lipinski definition) is 2. The van der Waals surface area contributed by atoms with Gasteiger partial charge in [0.15, 0.2) is 0 Å². The van der Waals surface area contributed by atoms with Gasteiger partial charge < -0.3 is 4.74 Å². The summed E-state index contributed by atoms with van der Waals surface area (Å²) < 4.78 is 14.8. The van der Waals surface area contributed by atoms with E-state index in [1.54, 1.807) is 0 Å². The zero-order valence-electron chi connectivity index (χ0n) is 3.99. The number of carbonyl (C=O) groups excluding carboxylic acids is 1. The lowest BCUT2D eigenvalue weighted by Gasteiger charge is -1.92. The molecule has 0 radical (unpaired) electrons. The van der Waals surface area contributed by atoms with Gasteiger partial charge in [0.05, 0.1) is 0 Å². The summed E-state index contributed by atoms with van der Waals surface area (Å²) in [4.78, 5) is 10.0. The summed E-state index contributed by atoms with van der Waals surface area (Å²) in [5.41, 5.74) is 0. The summed E-state index contributed by atoms with van der Waals surface area (Å²) in [6.45, 7) is 1.84. The molecule has 0 aromatic carbocycles. The predicted octanol–water partition coefficient (Wildman–Crippen LogP) is 1.21. The van der Waals surface area contributed by atoms with Crippen LogP contribution in [0.3, 0.4) is 0 Å². The molecule has 0 aliphatic heterocycles. The van der Waals surface area contributed by atoms with Crippen LogP contribution in [0, 0.1) is 0 Å². The van der Waals surface area contributed by atoms with Crippen LogP contribution in [-0.4, -0.2) is 12.8 Å². The Morgan fingerprint density at radius 3 is 2.50 bits per heavy atom. The molecule has 2 nitrogen and oxygen atoms in total. The Labute approximate surface area is 50.9 Å². The monoisotopic (exact) mass is 138 g/mol. The Balaban J connectivity index is 3.49. The third-order valence-corrected chi connectivity index (χ3v) is 0.561. The minimum Gasteiger partial charge on any atom is -0.429 e. The van der Waals surface area contributed by atoms with Crippen LogP contribution in [0.4, 0.5) is 4.39 Å². The first-order valence-electron chi connectivity index (χ1n) is 1.76. The maximum absolute atomic E-state index is 11.1. The van der Waals surface area contributed by atoms with Crippen LogP contribution in [0.25, 0.3) is 0 Å². The second-order valence-electron chi connectivity index (χ2n) is 0.946. The van der Waals surface area contributed by atoms with Crippen LogP contribution in [-0.2, 0) is 9.53 Å². The fraction of sp³-hybridized carbons (Fsp3) is 0.250. The molecule has 4 heteroatoms. The quantitative estimate of drug-likeness (QED) is 0.424. The Morgan fingerprint density at radius 2 is 2.38 bits per heavy atom. The summed E-state index contributed by atoms with van der Waals surface area (Å²) in [7, 11) is 0. The second-order valence-corrected chi connectivity index (χ2v) is 1.40. The van der Waals surface area contributed by atoms with Gasteiger partial charge in [-0.3, -0.25) is 0 Å². The van der Waals surface area contributed by atoms with Crippen molar-refractivity contribution in [2.45, 2.75) is 0 Å². The maximum atomic E-state index is 11.1. The molecule has 0 unspecified atom stereocenters. The lowest BCUT2D eigenvalue weighted by Crippen LogP contribution is -2.01. The van der Waals surface area contributed by atoms with Crippen molar-refractivity contribution in [3.63, 3.8) is 0 Å². The van der Waals surface area contributed by atoms with Crippen LogP contribution in [0.15, 0.2) is 11.6 Å². The molecule has 0 aliphatic rings. The van der Waals surface area contributed by atoms with Gasteiger partial charge in [-0.1, -0.05) is 18.2 Å². The van der Waals surface area contributed by atoms with Gasteiger partial charge in [-0.2, -0.15) is 0 Å². The van der Waals surface area contributed by atoms with Crippen LogP contribution in [0.2, 0.25) is 0 Å². The zero-order valence-corrected chi connectivity index (χ0v) is 4.74. The lowest BCUT2D eigenvalue weighted by atomic mass is 10.7. The fourth-order valence-corrected chi connectivity index (χ4v) is 0.182. The van der Waals surface area contributed by atoms with Crippen molar-refractivity contribution in [2.24, 2.45) is 0 Å². The van der Waals surface area contributed by atoms with Gasteiger partial charge in [-0.25, -0.2) is 9.18 Å². The minimum absolute atomic E-state index is 0.317. The van der Waals surface area contributed by atoms with E-state index in [0.29, 0.717) is 0 Å². The van der Waals surface area contributed by atoms with Gasteiger partial charge in [0.2, 0.25) is 6.86 Å². The molecule has 8 heavy (non-hydrogen) atoms. The highest BCUT2D eigenvalue weighted by Crippen LogP contribution is 1.98. The highest BCUT2D eigenvalue weighted by Gasteiger charge is 2.02. The first-order chi connectivity index (χ1) is 3.68. The molecular weight excluding hydrogens is 134 g/mol. The molecule has 0 amide bonds. The summed E-state index contributed by atoms with van der Waals surface area (Å²) >= 11 is 4.97. The van der Waals surface area contributed by atoms with E-state index in [4.69, 9.17) is 11.6 Å². The van der Waals surface area contributed by atoms with Crippen molar-refractivity contribution in [3.8, 4) is 0 Å². The molecule has 0 heterocycles. The molecule has 0 bridgehead atoms. The topological polar surface area (TPSA) is 26.3 Å². The van der Waals surface area contributed by atoms with Gasteiger partial charge >= 0.3 is 5.97 Å². The van der Waals surface area contributed by atoms with Crippen LogP contribution < -0.4 is 0 Å². The van der Waals surface area contributed by atoms with Crippen molar-refractivity contribution >= 4 is 17.6 Å². The van der Waals surface area contributed by atoms with Crippen LogP contribution >= 0.6 is 11.6 Å². The summed E-state index contributed by atoms with van der Waals surface area (Å²) in [6, 6.07) is 0. The lowest BCUT2D eigenvalue weighted by molar-refractivity contribution is -0.142. The van der Waals surface area contributed by atoms with Gasteiger partial charge in [0.25, 0.3) is 0 Å². The molecule has 0 saturated carbocycles. The molecule has 0 aromatic rings. The molecule has 0 atom stereocenters. The van der Waals surface area contributed by atoms with E-state index in [9.17, 15) is 9.18 Å². The van der Waals surface area contributed by atoms with Crippen molar-refractivity contribution < 1.29 is 13.9 Å². The predicted molar refractivity (Wildman–Crippen MR) is 27.1 cm³/mol. The van der Waals surface area contributed by atoms with Crippen molar-refractivity contribution in [1.29, 1.82) is 0 Å². The van der Waals surface area contributed by atoms with E-state index in [1.165, 1.54) is 0 Å². The number of ether oxygens (including phenoxy) is 1. The largest absolute Gasteiger partial charge is 0.429 e. The number of halogens is 2. The highest BCUT2D eigenvalue weighted by atomic mass is 35.5. The van der Waals surface area contributed by atoms with E-state index < -0.39 is 12.8 Å². The molecule has 0 aromatic heterocycles. The van der Waals surface area contributed by atoms with E-state index in [2.05, 4.69) is 11.3 Å². The molecule has 0 N–H and O–H groups in total. The Kier molecular flexibility index (Phi) is 3.19. The number of rotatable bonds is 2. The normalized spacial score (nSPS) is 8.25. The van der Waals surface area contributed by atoms with Gasteiger partial charge in [-0.15, -0.1) is 0 Å². The van der Waals surface area contributed by atoms with Crippen molar-refractivity contribution in [2.75, 3.05) is 6.86 Å². The number of esters is 1. The van der Waals surface area contributed by atoms with Gasteiger partial charge in [0, 0.05) is 0 Å². The second kappa shape index (κ2) is 3.43. The molecule has 46 valence electrons. The van der Waals surface area contributed by atoms with E-state index in [0.717, 1.165) is 0 Å². The molecule has 0 spiro atoms. The van der Waals surface area contributed by atoms with E-state index in [1.807, 2.05) is 0 Å². The average Bonchev–Trinajstić information content (AvgIpc) is 1.67. The first kappa shape index (κ1) is 7.43. The standard InChI is InChI=1S/C4H4ClFO2/c1-3(5)4(7)8-2-6/h1-2H2. The Hall–Kier alpha value is -0.570. The minimum atomic E-state index is -1.16. The number of alkyl halides is 1. The fourth-order valence-electron chi connectivity index (χ4n) is 0.128. The first-order valence-corrected chi connectivity index (χ1v) is 2.13. The molecular formula is C4H4ClFO2. The molecule has 0 aliphatic carbocycles. The average molecular weight is 139 g/mol. The molecule has 0 fully saturated rings. The SMILES string of the molecule is C=C(Cl)C(=O)OCF. The number of hydrogen-bond donors (Lipinski definition) is 0. The van der Waals surface area contributed by atoms with Crippen molar-refractivity contribution in [1.82, 2.24) is 0 Å². The van der Waals surface area contributed by atoms with E-state index in [-0.39, 0.29) is 5.03 Å².